The molecule has 4 heterocycles. The molecule has 2 unspecified atom stereocenters. The number of nitrogens with one attached hydrogen (secondary N) is 1. The highest BCUT2D eigenvalue weighted by Gasteiger charge is 2.41. The molecule has 2 aromatic rings. The number of rotatable bonds is 11. The molecule has 2 saturated carbocycles. The van der Waals surface area contributed by atoms with E-state index in [4.69, 9.17) is 19.4 Å². The number of hydrogen-bond donors (Lipinski definition) is 1. The van der Waals surface area contributed by atoms with Crippen molar-refractivity contribution in [3.63, 3.8) is 0 Å². The SMILES string of the molecule is CC(C)(C)OC(=O)C(c1ccc(C2CC2)nc1C1CC1)N1CCC(OCCCCc2ccc3c(n2)NCCC3)C1. The van der Waals surface area contributed by atoms with Crippen molar-refractivity contribution in [1.82, 2.24) is 14.9 Å². The minimum Gasteiger partial charge on any atom is -0.459 e. The van der Waals surface area contributed by atoms with Gasteiger partial charge in [0.2, 0.25) is 0 Å². The average molecular weight is 547 g/mol. The molecule has 0 amide bonds. The molecule has 7 heteroatoms. The summed E-state index contributed by atoms with van der Waals surface area (Å²) >= 11 is 0. The van der Waals surface area contributed by atoms with Crippen molar-refractivity contribution in [1.29, 1.82) is 0 Å². The Hall–Kier alpha value is -2.51. The van der Waals surface area contributed by atoms with E-state index in [9.17, 15) is 4.79 Å². The van der Waals surface area contributed by atoms with E-state index < -0.39 is 11.6 Å². The van der Waals surface area contributed by atoms with Crippen LogP contribution in [0.3, 0.4) is 0 Å². The number of carbonyl (C=O) groups is 1. The number of aryl methyl sites for hydroxylation is 2. The summed E-state index contributed by atoms with van der Waals surface area (Å²) in [6.07, 6.45) is 11.2. The van der Waals surface area contributed by atoms with Crippen molar-refractivity contribution in [2.75, 3.05) is 31.6 Å². The van der Waals surface area contributed by atoms with Crippen molar-refractivity contribution in [2.24, 2.45) is 0 Å². The number of hydrogen-bond acceptors (Lipinski definition) is 7. The van der Waals surface area contributed by atoms with Crippen LogP contribution in [-0.2, 0) is 27.1 Å². The lowest BCUT2D eigenvalue weighted by Gasteiger charge is -2.31. The van der Waals surface area contributed by atoms with Crippen LogP contribution in [0.25, 0.3) is 0 Å². The van der Waals surface area contributed by atoms with Crippen LogP contribution in [0.4, 0.5) is 5.82 Å². The van der Waals surface area contributed by atoms with E-state index in [1.54, 1.807) is 0 Å². The van der Waals surface area contributed by atoms with Crippen molar-refractivity contribution >= 4 is 11.8 Å². The zero-order valence-electron chi connectivity index (χ0n) is 24.6. The Balaban J connectivity index is 1.06. The lowest BCUT2D eigenvalue weighted by atomic mass is 9.99. The maximum absolute atomic E-state index is 13.7. The molecule has 0 aromatic carbocycles. The van der Waals surface area contributed by atoms with Gasteiger partial charge in [-0.25, -0.2) is 9.78 Å². The van der Waals surface area contributed by atoms with Gasteiger partial charge in [0.1, 0.15) is 17.5 Å². The highest BCUT2D eigenvalue weighted by Crippen LogP contribution is 2.46. The summed E-state index contributed by atoms with van der Waals surface area (Å²) in [6, 6.07) is 8.33. The molecule has 0 spiro atoms. The Morgan fingerprint density at radius 2 is 1.88 bits per heavy atom. The lowest BCUT2D eigenvalue weighted by Crippen LogP contribution is -2.38. The normalized spacial score (nSPS) is 22.0. The largest absolute Gasteiger partial charge is 0.459 e. The first-order valence-electron chi connectivity index (χ1n) is 15.7. The first-order chi connectivity index (χ1) is 19.3. The van der Waals surface area contributed by atoms with Gasteiger partial charge >= 0.3 is 5.97 Å². The molecule has 7 nitrogen and oxygen atoms in total. The number of carbonyl (C=O) groups excluding carboxylic acids is 1. The Kier molecular flexibility index (Phi) is 8.14. The van der Waals surface area contributed by atoms with Crippen LogP contribution in [0.2, 0.25) is 0 Å². The molecule has 0 bridgehead atoms. The van der Waals surface area contributed by atoms with Crippen LogP contribution in [-0.4, -0.2) is 58.8 Å². The maximum atomic E-state index is 13.7. The van der Waals surface area contributed by atoms with E-state index in [2.05, 4.69) is 34.5 Å². The lowest BCUT2D eigenvalue weighted by molar-refractivity contribution is -0.161. The number of esters is 1. The molecular weight excluding hydrogens is 500 g/mol. The van der Waals surface area contributed by atoms with Crippen molar-refractivity contribution < 1.29 is 14.3 Å². The molecule has 4 aliphatic rings. The first-order valence-corrected chi connectivity index (χ1v) is 15.7. The molecule has 0 radical (unpaired) electrons. The van der Waals surface area contributed by atoms with Gasteiger partial charge in [-0.2, -0.15) is 0 Å². The maximum Gasteiger partial charge on any atom is 0.328 e. The van der Waals surface area contributed by atoms with Crippen LogP contribution >= 0.6 is 0 Å². The van der Waals surface area contributed by atoms with Gasteiger partial charge in [0.25, 0.3) is 0 Å². The van der Waals surface area contributed by atoms with E-state index in [0.29, 0.717) is 11.8 Å². The third kappa shape index (κ3) is 6.85. The third-order valence-electron chi connectivity index (χ3n) is 8.54. The van der Waals surface area contributed by atoms with Gasteiger partial charge in [-0.15, -0.1) is 0 Å². The fourth-order valence-corrected chi connectivity index (χ4v) is 6.14. The molecule has 1 N–H and O–H groups in total. The summed E-state index contributed by atoms with van der Waals surface area (Å²) in [5.74, 6) is 2.00. The van der Waals surface area contributed by atoms with E-state index in [1.807, 2.05) is 20.8 Å². The molecule has 216 valence electrons. The second kappa shape index (κ2) is 11.8. The van der Waals surface area contributed by atoms with E-state index >= 15 is 0 Å². The van der Waals surface area contributed by atoms with Gasteiger partial charge < -0.3 is 14.8 Å². The highest BCUT2D eigenvalue weighted by atomic mass is 16.6. The quantitative estimate of drug-likeness (QED) is 0.270. The first kappa shape index (κ1) is 27.6. The van der Waals surface area contributed by atoms with E-state index in [1.165, 1.54) is 43.4 Å². The van der Waals surface area contributed by atoms with Gasteiger partial charge in [0.15, 0.2) is 0 Å². The molecular formula is C33H46N4O3. The minimum atomic E-state index is -0.533. The second-order valence-electron chi connectivity index (χ2n) is 13.3. The Labute approximate surface area is 239 Å². The van der Waals surface area contributed by atoms with E-state index in [-0.39, 0.29) is 12.1 Å². The number of ether oxygens (including phenoxy) is 2. The topological polar surface area (TPSA) is 76.6 Å². The van der Waals surface area contributed by atoms with E-state index in [0.717, 1.165) is 81.1 Å². The van der Waals surface area contributed by atoms with Crippen molar-refractivity contribution in [3.8, 4) is 0 Å². The number of pyridine rings is 2. The molecule has 1 saturated heterocycles. The summed E-state index contributed by atoms with van der Waals surface area (Å²) in [7, 11) is 0. The van der Waals surface area contributed by atoms with Crippen LogP contribution in [0.15, 0.2) is 24.3 Å². The molecule has 3 fully saturated rings. The van der Waals surface area contributed by atoms with Crippen LogP contribution in [0.5, 0.6) is 0 Å². The summed E-state index contributed by atoms with van der Waals surface area (Å²) in [5, 5.41) is 3.43. The molecule has 2 aliphatic heterocycles. The predicted molar refractivity (Wildman–Crippen MR) is 157 cm³/mol. The number of fused-ring (bicyclic) bond motifs is 1. The Morgan fingerprint density at radius 1 is 1.05 bits per heavy atom. The van der Waals surface area contributed by atoms with Gasteiger partial charge in [-0.3, -0.25) is 9.88 Å². The number of aromatic nitrogens is 2. The number of unbranched alkanes of at least 4 members (excludes halogenated alkanes) is 1. The summed E-state index contributed by atoms with van der Waals surface area (Å²) in [6.45, 7) is 9.18. The molecule has 2 aliphatic carbocycles. The Morgan fingerprint density at radius 3 is 2.65 bits per heavy atom. The summed E-state index contributed by atoms with van der Waals surface area (Å²) < 4.78 is 12.3. The highest BCUT2D eigenvalue weighted by molar-refractivity contribution is 5.78. The van der Waals surface area contributed by atoms with Crippen LogP contribution in [0, 0.1) is 0 Å². The standard InChI is InChI=1S/C33H46N4O3/c1-33(2,3)40-32(38)30(27-15-16-28(22-9-10-22)36-29(27)23-11-12-23)37-19-17-26(21-37)39-20-5-4-8-25-14-13-24-7-6-18-34-31(24)35-25/h13-16,22-23,26,30H,4-12,17-21H2,1-3H3,(H,34,35). The van der Waals surface area contributed by atoms with Crippen LogP contribution in [0.1, 0.15) is 118 Å². The molecule has 6 rings (SSSR count). The average Bonchev–Trinajstić information content (AvgIpc) is 3.86. The number of anilines is 1. The number of likely N-dealkylation sites (tertiary alicyclic amines) is 1. The molecule has 40 heavy (non-hydrogen) atoms. The monoisotopic (exact) mass is 546 g/mol. The zero-order chi connectivity index (χ0) is 27.7. The minimum absolute atomic E-state index is 0.138. The third-order valence-corrected chi connectivity index (χ3v) is 8.54. The smallest absolute Gasteiger partial charge is 0.328 e. The summed E-state index contributed by atoms with van der Waals surface area (Å²) in [5.41, 5.74) is 5.36. The zero-order valence-corrected chi connectivity index (χ0v) is 24.6. The number of nitrogens with zero attached hydrogens (tertiary/aromatic N) is 3. The van der Waals surface area contributed by atoms with Crippen molar-refractivity contribution in [2.45, 2.75) is 115 Å². The fraction of sp³-hybridized carbons (Fsp3) is 0.667. The Bertz CT molecular complexity index is 1200. The van der Waals surface area contributed by atoms with Gasteiger partial charge in [-0.1, -0.05) is 12.1 Å². The molecule has 2 atom stereocenters. The van der Waals surface area contributed by atoms with Gasteiger partial charge in [-0.05, 0) is 103 Å². The molecule has 2 aromatic heterocycles. The predicted octanol–water partition coefficient (Wildman–Crippen LogP) is 6.09. The van der Waals surface area contributed by atoms with Crippen molar-refractivity contribution in [3.05, 3.63) is 52.5 Å². The van der Waals surface area contributed by atoms with Gasteiger partial charge in [0.05, 0.1) is 6.10 Å². The fourth-order valence-electron chi connectivity index (χ4n) is 6.14. The van der Waals surface area contributed by atoms with Crippen LogP contribution < -0.4 is 5.32 Å². The second-order valence-corrected chi connectivity index (χ2v) is 13.3. The summed E-state index contributed by atoms with van der Waals surface area (Å²) in [4.78, 5) is 25.9. The van der Waals surface area contributed by atoms with Gasteiger partial charge in [0, 0.05) is 60.7 Å².